The lowest BCUT2D eigenvalue weighted by Crippen LogP contribution is -2.39. The second kappa shape index (κ2) is 8.70. The molecule has 1 aliphatic heterocycles. The summed E-state index contributed by atoms with van der Waals surface area (Å²) >= 11 is 0. The van der Waals surface area contributed by atoms with E-state index in [1.54, 1.807) is 24.5 Å². The number of nitrogens with zero attached hydrogens (tertiary/aromatic N) is 5. The van der Waals surface area contributed by atoms with Crippen LogP contribution < -0.4 is 0 Å². The molecule has 1 aromatic carbocycles. The van der Waals surface area contributed by atoms with E-state index < -0.39 is 0 Å². The quantitative estimate of drug-likeness (QED) is 0.478. The molecule has 0 radical (unpaired) electrons. The summed E-state index contributed by atoms with van der Waals surface area (Å²) < 4.78 is 5.55. The summed E-state index contributed by atoms with van der Waals surface area (Å²) in [6.07, 6.45) is 6.94. The fourth-order valence-corrected chi connectivity index (χ4v) is 4.17. The molecule has 4 heterocycles. The minimum atomic E-state index is -0.00259. The predicted octanol–water partition coefficient (Wildman–Crippen LogP) is 4.52. The van der Waals surface area contributed by atoms with Crippen LogP contribution in [0.4, 0.5) is 0 Å². The highest BCUT2D eigenvalue weighted by atomic mass is 16.5. The maximum absolute atomic E-state index is 13.0. The predicted molar refractivity (Wildman–Crippen MR) is 120 cm³/mol. The number of pyridine rings is 1. The van der Waals surface area contributed by atoms with Gasteiger partial charge in [0.25, 0.3) is 5.91 Å². The molecule has 1 atom stereocenters. The van der Waals surface area contributed by atoms with Crippen molar-refractivity contribution >= 4 is 5.91 Å². The number of carbonyl (C=O) groups excluding carboxylic acids is 1. The number of benzene rings is 1. The second-order valence-electron chi connectivity index (χ2n) is 8.02. The maximum atomic E-state index is 13.0. The van der Waals surface area contributed by atoms with Gasteiger partial charge in [-0.15, -0.1) is 0 Å². The molecule has 0 bridgehead atoms. The van der Waals surface area contributed by atoms with Gasteiger partial charge in [0.2, 0.25) is 0 Å². The molecule has 3 aromatic heterocycles. The van der Waals surface area contributed by atoms with Crippen LogP contribution in [0.1, 0.15) is 40.5 Å². The molecule has 7 nitrogen and oxygen atoms in total. The van der Waals surface area contributed by atoms with Crippen LogP contribution in [0.3, 0.4) is 0 Å². The summed E-state index contributed by atoms with van der Waals surface area (Å²) in [5.41, 5.74) is 4.07. The molecular weight excluding hydrogens is 402 g/mol. The first-order valence-corrected chi connectivity index (χ1v) is 10.7. The average Bonchev–Trinajstić information content (AvgIpc) is 3.30. The highest BCUT2D eigenvalue weighted by molar-refractivity contribution is 5.94. The number of aryl methyl sites for hydroxylation is 1. The Morgan fingerprint density at radius 3 is 2.75 bits per heavy atom. The van der Waals surface area contributed by atoms with Crippen molar-refractivity contribution in [1.82, 2.24) is 25.0 Å². The number of likely N-dealkylation sites (tertiary alicyclic amines) is 1. The molecule has 5 rings (SSSR count). The SMILES string of the molecule is Cc1cc(-c2cnc(-c3ccccc3)nc2C2CCCN(C(=O)c3cccnc3)C2)on1. The Balaban J connectivity index is 1.52. The zero-order valence-corrected chi connectivity index (χ0v) is 17.8. The largest absolute Gasteiger partial charge is 0.356 e. The molecule has 7 heteroatoms. The van der Waals surface area contributed by atoms with Crippen molar-refractivity contribution in [2.24, 2.45) is 0 Å². The van der Waals surface area contributed by atoms with E-state index in [1.165, 1.54) is 0 Å². The lowest BCUT2D eigenvalue weighted by atomic mass is 9.90. The molecule has 1 amide bonds. The van der Waals surface area contributed by atoms with Crippen LogP contribution in [0.5, 0.6) is 0 Å². The summed E-state index contributed by atoms with van der Waals surface area (Å²) in [6.45, 7) is 3.19. The Labute approximate surface area is 186 Å². The number of hydrogen-bond donors (Lipinski definition) is 0. The monoisotopic (exact) mass is 425 g/mol. The summed E-state index contributed by atoms with van der Waals surface area (Å²) in [6, 6.07) is 15.4. The maximum Gasteiger partial charge on any atom is 0.255 e. The van der Waals surface area contributed by atoms with Gasteiger partial charge in [-0.25, -0.2) is 9.97 Å². The van der Waals surface area contributed by atoms with Crippen molar-refractivity contribution in [3.8, 4) is 22.7 Å². The normalized spacial score (nSPS) is 16.2. The Bertz CT molecular complexity index is 1220. The van der Waals surface area contributed by atoms with E-state index in [0.29, 0.717) is 23.7 Å². The van der Waals surface area contributed by atoms with Gasteiger partial charge in [0.15, 0.2) is 11.6 Å². The Kier molecular flexibility index (Phi) is 5.46. The van der Waals surface area contributed by atoms with Crippen molar-refractivity contribution in [3.05, 3.63) is 84.1 Å². The third-order valence-electron chi connectivity index (χ3n) is 5.75. The average molecular weight is 425 g/mol. The highest BCUT2D eigenvalue weighted by Gasteiger charge is 2.29. The van der Waals surface area contributed by atoms with Crippen LogP contribution in [-0.2, 0) is 0 Å². The number of piperidine rings is 1. The third kappa shape index (κ3) is 4.01. The number of carbonyl (C=O) groups is 1. The molecule has 0 saturated carbocycles. The lowest BCUT2D eigenvalue weighted by Gasteiger charge is -2.33. The smallest absolute Gasteiger partial charge is 0.255 e. The van der Waals surface area contributed by atoms with E-state index >= 15 is 0 Å². The summed E-state index contributed by atoms with van der Waals surface area (Å²) in [7, 11) is 0. The molecule has 160 valence electrons. The zero-order chi connectivity index (χ0) is 21.9. The summed E-state index contributed by atoms with van der Waals surface area (Å²) in [4.78, 5) is 28.6. The minimum absolute atomic E-state index is 0.00259. The van der Waals surface area contributed by atoms with Crippen molar-refractivity contribution in [1.29, 1.82) is 0 Å². The first-order valence-electron chi connectivity index (χ1n) is 10.7. The van der Waals surface area contributed by atoms with Gasteiger partial charge in [0.1, 0.15) is 0 Å². The van der Waals surface area contributed by atoms with Gasteiger partial charge in [-0.1, -0.05) is 35.5 Å². The fourth-order valence-electron chi connectivity index (χ4n) is 4.17. The van der Waals surface area contributed by atoms with Gasteiger partial charge < -0.3 is 9.42 Å². The Morgan fingerprint density at radius 2 is 2.00 bits per heavy atom. The molecule has 0 aliphatic carbocycles. The zero-order valence-electron chi connectivity index (χ0n) is 17.8. The lowest BCUT2D eigenvalue weighted by molar-refractivity contribution is 0.0705. The van der Waals surface area contributed by atoms with Gasteiger partial charge in [-0.3, -0.25) is 9.78 Å². The van der Waals surface area contributed by atoms with Crippen LogP contribution in [0.25, 0.3) is 22.7 Å². The molecule has 1 unspecified atom stereocenters. The molecule has 32 heavy (non-hydrogen) atoms. The summed E-state index contributed by atoms with van der Waals surface area (Å²) in [5.74, 6) is 1.37. The molecule has 1 aliphatic rings. The van der Waals surface area contributed by atoms with E-state index in [-0.39, 0.29) is 11.8 Å². The van der Waals surface area contributed by atoms with Crippen LogP contribution >= 0.6 is 0 Å². The molecule has 0 N–H and O–H groups in total. The van der Waals surface area contributed by atoms with E-state index in [4.69, 9.17) is 9.51 Å². The first-order chi connectivity index (χ1) is 15.7. The number of aromatic nitrogens is 4. The molecule has 0 spiro atoms. The van der Waals surface area contributed by atoms with E-state index in [0.717, 1.165) is 41.9 Å². The van der Waals surface area contributed by atoms with Crippen LogP contribution in [0.2, 0.25) is 0 Å². The first kappa shape index (κ1) is 20.1. The van der Waals surface area contributed by atoms with Crippen LogP contribution in [0, 0.1) is 6.92 Å². The second-order valence-corrected chi connectivity index (χ2v) is 8.02. The van der Waals surface area contributed by atoms with E-state index in [1.807, 2.05) is 54.4 Å². The topological polar surface area (TPSA) is 85.0 Å². The fraction of sp³-hybridized carbons (Fsp3) is 0.240. The van der Waals surface area contributed by atoms with Gasteiger partial charge in [0, 0.05) is 49.2 Å². The van der Waals surface area contributed by atoms with E-state index in [2.05, 4.69) is 15.1 Å². The van der Waals surface area contributed by atoms with Crippen molar-refractivity contribution in [2.75, 3.05) is 13.1 Å². The molecule has 4 aromatic rings. The van der Waals surface area contributed by atoms with E-state index in [9.17, 15) is 4.79 Å². The van der Waals surface area contributed by atoms with Gasteiger partial charge in [0.05, 0.1) is 22.5 Å². The van der Waals surface area contributed by atoms with Crippen LogP contribution in [0.15, 0.2) is 71.6 Å². The van der Waals surface area contributed by atoms with Crippen molar-refractivity contribution in [3.63, 3.8) is 0 Å². The molecule has 1 fully saturated rings. The standard InChI is InChI=1S/C25H23N5O2/c1-17-13-22(32-29-17)21-15-27-24(18-7-3-2-4-8-18)28-23(21)20-10-6-12-30(16-20)25(31)19-9-5-11-26-14-19/h2-5,7-9,11,13-15,20H,6,10,12,16H2,1H3. The van der Waals surface area contributed by atoms with Gasteiger partial charge in [-0.2, -0.15) is 0 Å². The van der Waals surface area contributed by atoms with Gasteiger partial charge >= 0.3 is 0 Å². The number of rotatable bonds is 4. The molecular formula is C25H23N5O2. The van der Waals surface area contributed by atoms with Crippen LogP contribution in [-0.4, -0.2) is 44.0 Å². The van der Waals surface area contributed by atoms with Crippen molar-refractivity contribution < 1.29 is 9.32 Å². The number of amides is 1. The summed E-state index contributed by atoms with van der Waals surface area (Å²) in [5, 5.41) is 4.04. The Morgan fingerprint density at radius 1 is 1.12 bits per heavy atom. The molecule has 1 saturated heterocycles. The minimum Gasteiger partial charge on any atom is -0.356 e. The number of hydrogen-bond acceptors (Lipinski definition) is 6. The third-order valence-corrected chi connectivity index (χ3v) is 5.75. The Hall–Kier alpha value is -3.87. The van der Waals surface area contributed by atoms with Crippen molar-refractivity contribution in [2.45, 2.75) is 25.7 Å². The van der Waals surface area contributed by atoms with Gasteiger partial charge in [-0.05, 0) is 31.9 Å². The highest BCUT2D eigenvalue weighted by Crippen LogP contribution is 2.35.